The van der Waals surface area contributed by atoms with Gasteiger partial charge in [-0.15, -0.1) is 0 Å². The summed E-state index contributed by atoms with van der Waals surface area (Å²) in [4.78, 5) is 15.9. The number of rotatable bonds is 2. The van der Waals surface area contributed by atoms with Gasteiger partial charge in [0, 0.05) is 18.2 Å². The molecule has 4 heteroatoms. The van der Waals surface area contributed by atoms with Crippen molar-refractivity contribution in [3.05, 3.63) is 17.2 Å². The van der Waals surface area contributed by atoms with Gasteiger partial charge in [-0.25, -0.2) is 4.98 Å². The molecule has 1 atom stereocenters. The normalized spacial score (nSPS) is 24.2. The van der Waals surface area contributed by atoms with Gasteiger partial charge in [-0.05, 0) is 32.6 Å². The summed E-state index contributed by atoms with van der Waals surface area (Å²) in [6, 6.07) is 0. The molecule has 1 N–H and O–H groups in total. The van der Waals surface area contributed by atoms with Gasteiger partial charge in [0.05, 0.1) is 11.6 Å². The van der Waals surface area contributed by atoms with E-state index in [9.17, 15) is 9.90 Å². The largest absolute Gasteiger partial charge is 0.481 e. The van der Waals surface area contributed by atoms with Crippen LogP contribution in [0.4, 0.5) is 0 Å². The smallest absolute Gasteiger partial charge is 0.308 e. The minimum Gasteiger partial charge on any atom is -0.481 e. The van der Waals surface area contributed by atoms with Crippen LogP contribution in [0.1, 0.15) is 55.2 Å². The first-order valence-electron chi connectivity index (χ1n) is 6.95. The number of aromatic nitrogens is 2. The van der Waals surface area contributed by atoms with Crippen LogP contribution < -0.4 is 0 Å². The number of hydrogen-bond acceptors (Lipinski definition) is 2. The second-order valence-corrected chi connectivity index (χ2v) is 5.67. The number of aliphatic carboxylic acids is 1. The zero-order chi connectivity index (χ0) is 12.7. The number of carboxylic acids is 1. The molecule has 1 fully saturated rings. The molecule has 2 heterocycles. The highest BCUT2D eigenvalue weighted by Gasteiger charge is 2.31. The maximum absolute atomic E-state index is 11.2. The Kier molecular flexibility index (Phi) is 2.88. The molecule has 1 unspecified atom stereocenters. The van der Waals surface area contributed by atoms with Gasteiger partial charge in [-0.1, -0.05) is 12.8 Å². The van der Waals surface area contributed by atoms with Gasteiger partial charge in [-0.2, -0.15) is 0 Å². The van der Waals surface area contributed by atoms with Crippen molar-refractivity contribution in [1.82, 2.24) is 9.55 Å². The summed E-state index contributed by atoms with van der Waals surface area (Å²) in [5.41, 5.74) is 2.38. The molecule has 0 saturated heterocycles. The molecule has 0 bridgehead atoms. The summed E-state index contributed by atoms with van der Waals surface area (Å²) in [6.07, 6.45) is 6.62. The number of carboxylic acid groups (broad SMARTS) is 1. The van der Waals surface area contributed by atoms with E-state index in [1.165, 1.54) is 31.4 Å². The van der Waals surface area contributed by atoms with Crippen molar-refractivity contribution in [3.63, 3.8) is 0 Å². The third-order valence-corrected chi connectivity index (χ3v) is 4.50. The fraction of sp³-hybridized carbons (Fsp3) is 0.714. The summed E-state index contributed by atoms with van der Waals surface area (Å²) in [5.74, 6) is 0.826. The number of aryl methyl sites for hydroxylation is 1. The van der Waals surface area contributed by atoms with Gasteiger partial charge >= 0.3 is 5.97 Å². The monoisotopic (exact) mass is 248 g/mol. The van der Waals surface area contributed by atoms with Crippen molar-refractivity contribution < 1.29 is 9.90 Å². The van der Waals surface area contributed by atoms with E-state index in [1.54, 1.807) is 0 Å². The Morgan fingerprint density at radius 1 is 1.33 bits per heavy atom. The summed E-state index contributed by atoms with van der Waals surface area (Å²) >= 11 is 0. The van der Waals surface area contributed by atoms with Gasteiger partial charge in [0.1, 0.15) is 5.82 Å². The maximum atomic E-state index is 11.2. The Morgan fingerprint density at radius 3 is 2.72 bits per heavy atom. The van der Waals surface area contributed by atoms with E-state index in [1.807, 2.05) is 0 Å². The molecule has 3 rings (SSSR count). The molecular formula is C14H20N2O2. The Bertz CT molecular complexity index is 472. The Balaban J connectivity index is 1.95. The highest BCUT2D eigenvalue weighted by molar-refractivity contribution is 5.70. The standard InChI is InChI=1S/C14H20N2O2/c1-9-12-7-6-11(14(17)18)8-16(12)13(15-9)10-4-2-3-5-10/h10-11H,2-8H2,1H3,(H,17,18). The fourth-order valence-corrected chi connectivity index (χ4v) is 3.47. The fourth-order valence-electron chi connectivity index (χ4n) is 3.47. The molecule has 98 valence electrons. The van der Waals surface area contributed by atoms with E-state index >= 15 is 0 Å². The van der Waals surface area contributed by atoms with Gasteiger partial charge < -0.3 is 9.67 Å². The average molecular weight is 248 g/mol. The highest BCUT2D eigenvalue weighted by atomic mass is 16.4. The molecule has 1 aliphatic heterocycles. The third kappa shape index (κ3) is 1.84. The molecule has 1 aromatic rings. The van der Waals surface area contributed by atoms with Crippen molar-refractivity contribution in [1.29, 1.82) is 0 Å². The average Bonchev–Trinajstić information content (AvgIpc) is 2.97. The Hall–Kier alpha value is -1.32. The Morgan fingerprint density at radius 2 is 2.06 bits per heavy atom. The minimum atomic E-state index is -0.663. The molecule has 4 nitrogen and oxygen atoms in total. The van der Waals surface area contributed by atoms with E-state index in [0.29, 0.717) is 12.5 Å². The van der Waals surface area contributed by atoms with Crippen molar-refractivity contribution in [2.45, 2.75) is 57.9 Å². The summed E-state index contributed by atoms with van der Waals surface area (Å²) in [7, 11) is 0. The van der Waals surface area contributed by atoms with Gasteiger partial charge in [0.25, 0.3) is 0 Å². The van der Waals surface area contributed by atoms with Crippen LogP contribution in [0.15, 0.2) is 0 Å². The second-order valence-electron chi connectivity index (χ2n) is 5.67. The van der Waals surface area contributed by atoms with Crippen molar-refractivity contribution in [3.8, 4) is 0 Å². The number of nitrogens with zero attached hydrogens (tertiary/aromatic N) is 2. The quantitative estimate of drug-likeness (QED) is 0.874. The zero-order valence-corrected chi connectivity index (χ0v) is 10.9. The molecule has 0 amide bonds. The van der Waals surface area contributed by atoms with E-state index in [0.717, 1.165) is 24.4 Å². The molecule has 0 aromatic carbocycles. The lowest BCUT2D eigenvalue weighted by Crippen LogP contribution is -2.28. The SMILES string of the molecule is Cc1nc(C2CCCC2)n2c1CCC(C(=O)O)C2. The lowest BCUT2D eigenvalue weighted by Gasteiger charge is -2.24. The summed E-state index contributed by atoms with van der Waals surface area (Å²) < 4.78 is 2.22. The molecule has 1 saturated carbocycles. The predicted octanol–water partition coefficient (Wildman–Crippen LogP) is 2.50. The number of hydrogen-bond donors (Lipinski definition) is 1. The third-order valence-electron chi connectivity index (χ3n) is 4.50. The first-order chi connectivity index (χ1) is 8.66. The lowest BCUT2D eigenvalue weighted by molar-refractivity contribution is -0.142. The van der Waals surface area contributed by atoms with Crippen LogP contribution in [0.25, 0.3) is 0 Å². The maximum Gasteiger partial charge on any atom is 0.308 e. The van der Waals surface area contributed by atoms with Crippen molar-refractivity contribution in [2.75, 3.05) is 0 Å². The molecule has 2 aliphatic rings. The van der Waals surface area contributed by atoms with Crippen LogP contribution in [0.5, 0.6) is 0 Å². The van der Waals surface area contributed by atoms with Crippen LogP contribution in [0.3, 0.4) is 0 Å². The van der Waals surface area contributed by atoms with Gasteiger partial charge in [0.2, 0.25) is 0 Å². The van der Waals surface area contributed by atoms with Crippen LogP contribution in [-0.2, 0) is 17.8 Å². The van der Waals surface area contributed by atoms with E-state index in [2.05, 4.69) is 11.5 Å². The number of imidazole rings is 1. The van der Waals surface area contributed by atoms with E-state index in [4.69, 9.17) is 4.98 Å². The highest BCUT2D eigenvalue weighted by Crippen LogP contribution is 2.36. The zero-order valence-electron chi connectivity index (χ0n) is 10.9. The van der Waals surface area contributed by atoms with Crippen LogP contribution in [0.2, 0.25) is 0 Å². The molecule has 0 radical (unpaired) electrons. The summed E-state index contributed by atoms with van der Waals surface area (Å²) in [6.45, 7) is 2.68. The van der Waals surface area contributed by atoms with Gasteiger partial charge in [-0.3, -0.25) is 4.79 Å². The van der Waals surface area contributed by atoms with Gasteiger partial charge in [0.15, 0.2) is 0 Å². The lowest BCUT2D eigenvalue weighted by atomic mass is 9.96. The van der Waals surface area contributed by atoms with Crippen LogP contribution in [-0.4, -0.2) is 20.6 Å². The topological polar surface area (TPSA) is 55.1 Å². The van der Waals surface area contributed by atoms with E-state index < -0.39 is 5.97 Å². The first kappa shape index (κ1) is 11.8. The van der Waals surface area contributed by atoms with E-state index in [-0.39, 0.29) is 5.92 Å². The molecular weight excluding hydrogens is 228 g/mol. The number of fused-ring (bicyclic) bond motifs is 1. The Labute approximate surface area is 107 Å². The molecule has 18 heavy (non-hydrogen) atoms. The first-order valence-corrected chi connectivity index (χ1v) is 6.95. The van der Waals surface area contributed by atoms with Crippen LogP contribution in [0, 0.1) is 12.8 Å². The second kappa shape index (κ2) is 4.41. The van der Waals surface area contributed by atoms with Crippen molar-refractivity contribution in [2.24, 2.45) is 5.92 Å². The minimum absolute atomic E-state index is 0.230. The van der Waals surface area contributed by atoms with Crippen molar-refractivity contribution >= 4 is 5.97 Å². The predicted molar refractivity (Wildman–Crippen MR) is 67.6 cm³/mol. The molecule has 1 aromatic heterocycles. The number of carbonyl (C=O) groups is 1. The molecule has 1 aliphatic carbocycles. The summed E-state index contributed by atoms with van der Waals surface area (Å²) in [5, 5.41) is 9.19. The van der Waals surface area contributed by atoms with Crippen LogP contribution >= 0.6 is 0 Å². The molecule has 0 spiro atoms.